The van der Waals surface area contributed by atoms with Crippen LogP contribution < -0.4 is 5.32 Å². The van der Waals surface area contributed by atoms with Crippen molar-refractivity contribution in [3.05, 3.63) is 35.9 Å². The lowest BCUT2D eigenvalue weighted by Gasteiger charge is -2.18. The first-order valence-electron chi connectivity index (χ1n) is 6.57. The van der Waals surface area contributed by atoms with E-state index in [2.05, 4.69) is 48.8 Å². The SMILES string of the molecule is CSC1(CNC(C)CCc2ccccc2)CC1. The van der Waals surface area contributed by atoms with Crippen LogP contribution in [0.1, 0.15) is 31.7 Å². The van der Waals surface area contributed by atoms with Gasteiger partial charge in [-0.05, 0) is 44.4 Å². The minimum Gasteiger partial charge on any atom is -0.313 e. The molecule has 2 heteroatoms. The Morgan fingerprint density at radius 1 is 1.29 bits per heavy atom. The van der Waals surface area contributed by atoms with Gasteiger partial charge in [0.25, 0.3) is 0 Å². The molecule has 0 spiro atoms. The van der Waals surface area contributed by atoms with Crippen molar-refractivity contribution < 1.29 is 0 Å². The maximum atomic E-state index is 3.69. The molecule has 0 amide bonds. The Kier molecular flexibility index (Phi) is 4.52. The van der Waals surface area contributed by atoms with Crippen LogP contribution in [0.5, 0.6) is 0 Å². The van der Waals surface area contributed by atoms with Crippen molar-refractivity contribution in [3.8, 4) is 0 Å². The Bertz CT molecular complexity index is 332. The van der Waals surface area contributed by atoms with E-state index in [9.17, 15) is 0 Å². The smallest absolute Gasteiger partial charge is 0.0282 e. The van der Waals surface area contributed by atoms with Crippen LogP contribution in [-0.2, 0) is 6.42 Å². The summed E-state index contributed by atoms with van der Waals surface area (Å²) in [6.45, 7) is 3.49. The van der Waals surface area contributed by atoms with Gasteiger partial charge in [0.2, 0.25) is 0 Å². The molecule has 1 aromatic rings. The number of hydrogen-bond acceptors (Lipinski definition) is 2. The molecule has 1 unspecified atom stereocenters. The van der Waals surface area contributed by atoms with Crippen LogP contribution >= 0.6 is 11.8 Å². The summed E-state index contributed by atoms with van der Waals surface area (Å²) in [6, 6.07) is 11.4. The molecule has 17 heavy (non-hydrogen) atoms. The van der Waals surface area contributed by atoms with Crippen molar-refractivity contribution in [3.63, 3.8) is 0 Å². The van der Waals surface area contributed by atoms with Crippen LogP contribution in [0.25, 0.3) is 0 Å². The van der Waals surface area contributed by atoms with E-state index in [1.54, 1.807) is 0 Å². The van der Waals surface area contributed by atoms with Crippen molar-refractivity contribution in [1.82, 2.24) is 5.32 Å². The van der Waals surface area contributed by atoms with E-state index in [0.29, 0.717) is 10.8 Å². The number of hydrogen-bond donors (Lipinski definition) is 1. The minimum absolute atomic E-state index is 0.584. The molecule has 1 saturated carbocycles. The first kappa shape index (κ1) is 13.0. The van der Waals surface area contributed by atoms with Gasteiger partial charge in [0.1, 0.15) is 0 Å². The van der Waals surface area contributed by atoms with E-state index in [1.165, 1.54) is 37.8 Å². The summed E-state index contributed by atoms with van der Waals surface area (Å²) in [5.41, 5.74) is 1.45. The second-order valence-electron chi connectivity index (χ2n) is 5.19. The molecular formula is C15H23NS. The fourth-order valence-electron chi connectivity index (χ4n) is 2.08. The van der Waals surface area contributed by atoms with Gasteiger partial charge < -0.3 is 5.32 Å². The number of nitrogens with one attached hydrogen (secondary N) is 1. The lowest BCUT2D eigenvalue weighted by molar-refractivity contribution is 0.509. The fourth-order valence-corrected chi connectivity index (χ4v) is 2.82. The van der Waals surface area contributed by atoms with E-state index < -0.39 is 0 Å². The fraction of sp³-hybridized carbons (Fsp3) is 0.600. The highest BCUT2D eigenvalue weighted by Crippen LogP contribution is 2.46. The van der Waals surface area contributed by atoms with Crippen LogP contribution in [0.4, 0.5) is 0 Å². The average Bonchev–Trinajstić information content (AvgIpc) is 3.16. The van der Waals surface area contributed by atoms with Crippen LogP contribution in [0.15, 0.2) is 30.3 Å². The van der Waals surface area contributed by atoms with Crippen molar-refractivity contribution >= 4 is 11.8 Å². The van der Waals surface area contributed by atoms with Crippen LogP contribution in [0.2, 0.25) is 0 Å². The predicted molar refractivity (Wildman–Crippen MR) is 77.7 cm³/mol. The lowest BCUT2D eigenvalue weighted by Crippen LogP contribution is -2.33. The Morgan fingerprint density at radius 3 is 2.59 bits per heavy atom. The molecule has 0 aliphatic heterocycles. The van der Waals surface area contributed by atoms with E-state index in [-0.39, 0.29) is 0 Å². The molecule has 1 fully saturated rings. The van der Waals surface area contributed by atoms with Gasteiger partial charge in [-0.15, -0.1) is 0 Å². The maximum Gasteiger partial charge on any atom is 0.0282 e. The van der Waals surface area contributed by atoms with Gasteiger partial charge in [0.05, 0.1) is 0 Å². The molecule has 1 atom stereocenters. The minimum atomic E-state index is 0.584. The van der Waals surface area contributed by atoms with Crippen molar-refractivity contribution in [2.45, 2.75) is 43.4 Å². The molecule has 0 bridgehead atoms. The van der Waals surface area contributed by atoms with Crippen molar-refractivity contribution in [2.24, 2.45) is 0 Å². The molecule has 1 nitrogen and oxygen atoms in total. The number of benzene rings is 1. The Morgan fingerprint density at radius 2 is 2.00 bits per heavy atom. The van der Waals surface area contributed by atoms with Crippen LogP contribution in [0, 0.1) is 0 Å². The van der Waals surface area contributed by atoms with E-state index in [4.69, 9.17) is 0 Å². The maximum absolute atomic E-state index is 3.69. The highest BCUT2D eigenvalue weighted by molar-refractivity contribution is 8.00. The van der Waals surface area contributed by atoms with Crippen LogP contribution in [-0.4, -0.2) is 23.6 Å². The van der Waals surface area contributed by atoms with Gasteiger partial charge >= 0.3 is 0 Å². The molecule has 0 heterocycles. The molecular weight excluding hydrogens is 226 g/mol. The second-order valence-corrected chi connectivity index (χ2v) is 6.47. The quantitative estimate of drug-likeness (QED) is 0.794. The summed E-state index contributed by atoms with van der Waals surface area (Å²) in [4.78, 5) is 0. The zero-order chi connectivity index (χ0) is 12.1. The summed E-state index contributed by atoms with van der Waals surface area (Å²) >= 11 is 2.03. The lowest BCUT2D eigenvalue weighted by atomic mass is 10.1. The Hall–Kier alpha value is -0.470. The Balaban J connectivity index is 1.66. The normalized spacial score (nSPS) is 18.9. The molecule has 1 aliphatic rings. The predicted octanol–water partition coefficient (Wildman–Crippen LogP) is 3.49. The number of rotatable bonds is 7. The third kappa shape index (κ3) is 4.04. The van der Waals surface area contributed by atoms with Crippen LogP contribution in [0.3, 0.4) is 0 Å². The average molecular weight is 249 g/mol. The first-order valence-corrected chi connectivity index (χ1v) is 7.79. The third-order valence-electron chi connectivity index (χ3n) is 3.72. The first-order chi connectivity index (χ1) is 8.24. The molecule has 0 saturated heterocycles. The number of aryl methyl sites for hydroxylation is 1. The molecule has 1 aromatic carbocycles. The zero-order valence-corrected chi connectivity index (χ0v) is 11.7. The van der Waals surface area contributed by atoms with E-state index in [0.717, 1.165) is 0 Å². The third-order valence-corrected chi connectivity index (χ3v) is 5.14. The van der Waals surface area contributed by atoms with Crippen molar-refractivity contribution in [1.29, 1.82) is 0 Å². The molecule has 0 aromatic heterocycles. The topological polar surface area (TPSA) is 12.0 Å². The molecule has 94 valence electrons. The number of thioether (sulfide) groups is 1. The highest BCUT2D eigenvalue weighted by atomic mass is 32.2. The summed E-state index contributed by atoms with van der Waals surface area (Å²) in [6.07, 6.45) is 7.44. The van der Waals surface area contributed by atoms with Gasteiger partial charge in [0, 0.05) is 17.3 Å². The molecule has 1 aliphatic carbocycles. The molecule has 0 radical (unpaired) electrons. The van der Waals surface area contributed by atoms with Gasteiger partial charge in [-0.2, -0.15) is 11.8 Å². The largest absolute Gasteiger partial charge is 0.313 e. The summed E-state index contributed by atoms with van der Waals surface area (Å²) in [5.74, 6) is 0. The van der Waals surface area contributed by atoms with E-state index >= 15 is 0 Å². The van der Waals surface area contributed by atoms with Gasteiger partial charge in [-0.3, -0.25) is 0 Å². The standard InChI is InChI=1S/C15H23NS/c1-13(16-12-15(17-2)10-11-15)8-9-14-6-4-3-5-7-14/h3-7,13,16H,8-12H2,1-2H3. The Labute approximate surface area is 109 Å². The van der Waals surface area contributed by atoms with E-state index in [1.807, 2.05) is 11.8 Å². The highest BCUT2D eigenvalue weighted by Gasteiger charge is 2.41. The van der Waals surface area contributed by atoms with Gasteiger partial charge in [0.15, 0.2) is 0 Å². The van der Waals surface area contributed by atoms with Gasteiger partial charge in [-0.25, -0.2) is 0 Å². The monoisotopic (exact) mass is 249 g/mol. The van der Waals surface area contributed by atoms with Gasteiger partial charge in [-0.1, -0.05) is 30.3 Å². The van der Waals surface area contributed by atoms with Crippen molar-refractivity contribution in [2.75, 3.05) is 12.8 Å². The second kappa shape index (κ2) is 5.92. The molecule has 2 rings (SSSR count). The zero-order valence-electron chi connectivity index (χ0n) is 10.9. The molecule has 1 N–H and O–H groups in total. The summed E-state index contributed by atoms with van der Waals surface area (Å²) < 4.78 is 0.584. The summed E-state index contributed by atoms with van der Waals surface area (Å²) in [5, 5.41) is 3.69. The summed E-state index contributed by atoms with van der Waals surface area (Å²) in [7, 11) is 0.